The second-order valence-electron chi connectivity index (χ2n) is 6.82. The molecule has 0 saturated carbocycles. The lowest BCUT2D eigenvalue weighted by Crippen LogP contribution is -2.43. The molecule has 3 rings (SSSR count). The van der Waals surface area contributed by atoms with E-state index in [0.29, 0.717) is 23.5 Å². The Morgan fingerprint density at radius 3 is 2.69 bits per heavy atom. The highest BCUT2D eigenvalue weighted by molar-refractivity contribution is 9.10. The van der Waals surface area contributed by atoms with Gasteiger partial charge in [0.05, 0.1) is 19.3 Å². The Labute approximate surface area is 162 Å². The first-order valence-electron chi connectivity index (χ1n) is 9.16. The minimum Gasteiger partial charge on any atom is -0.444 e. The van der Waals surface area contributed by atoms with Gasteiger partial charge in [-0.05, 0) is 40.9 Å². The van der Waals surface area contributed by atoms with E-state index < -0.39 is 0 Å². The van der Waals surface area contributed by atoms with Crippen molar-refractivity contribution in [2.45, 2.75) is 25.8 Å². The highest BCUT2D eigenvalue weighted by atomic mass is 79.9. The van der Waals surface area contributed by atoms with E-state index in [2.05, 4.69) is 20.8 Å². The van der Waals surface area contributed by atoms with Gasteiger partial charge >= 0.3 is 0 Å². The zero-order valence-electron chi connectivity index (χ0n) is 15.2. The molecule has 0 aliphatic carbocycles. The highest BCUT2D eigenvalue weighted by Gasteiger charge is 2.33. The average molecular weight is 428 g/mol. The molecule has 26 heavy (non-hydrogen) atoms. The fraction of sp³-hybridized carbons (Fsp3) is 0.667. The predicted octanol–water partition coefficient (Wildman–Crippen LogP) is 1.83. The maximum absolute atomic E-state index is 12.5. The van der Waals surface area contributed by atoms with E-state index in [1.165, 1.54) is 0 Å². The van der Waals surface area contributed by atoms with Crippen molar-refractivity contribution in [2.75, 3.05) is 52.5 Å². The molecule has 2 amide bonds. The van der Waals surface area contributed by atoms with Crippen LogP contribution in [-0.4, -0.2) is 85.0 Å². The zero-order valence-corrected chi connectivity index (χ0v) is 16.7. The largest absolute Gasteiger partial charge is 0.444 e. The van der Waals surface area contributed by atoms with Crippen LogP contribution in [0.4, 0.5) is 0 Å². The molecule has 3 heterocycles. The Balaban J connectivity index is 1.50. The molecule has 0 radical (unpaired) electrons. The van der Waals surface area contributed by atoms with Gasteiger partial charge in [-0.1, -0.05) is 0 Å². The SMILES string of the molecule is CC(=O)N(CCCN1CCOCC1)C1CCN(C(=O)c2ccc(Br)o2)C1. The number of amides is 2. The van der Waals surface area contributed by atoms with E-state index in [1.807, 2.05) is 4.90 Å². The van der Waals surface area contributed by atoms with Gasteiger partial charge in [0.1, 0.15) is 0 Å². The average Bonchev–Trinajstić information content (AvgIpc) is 3.28. The molecule has 2 saturated heterocycles. The lowest BCUT2D eigenvalue weighted by Gasteiger charge is -2.30. The third-order valence-electron chi connectivity index (χ3n) is 5.06. The van der Waals surface area contributed by atoms with Crippen LogP contribution in [0.1, 0.15) is 30.3 Å². The monoisotopic (exact) mass is 427 g/mol. The Morgan fingerprint density at radius 1 is 1.27 bits per heavy atom. The van der Waals surface area contributed by atoms with Crippen molar-refractivity contribution in [2.24, 2.45) is 0 Å². The molecule has 144 valence electrons. The van der Waals surface area contributed by atoms with Gasteiger partial charge in [0.25, 0.3) is 5.91 Å². The Bertz CT molecular complexity index is 630. The standard InChI is InChI=1S/C18H26BrN3O4/c1-14(23)22(7-2-6-20-9-11-25-12-10-20)15-5-8-21(13-15)18(24)16-3-4-17(19)26-16/h3-4,15H,2,5-13H2,1H3. The third-order valence-corrected chi connectivity index (χ3v) is 5.48. The molecule has 1 atom stereocenters. The summed E-state index contributed by atoms with van der Waals surface area (Å²) >= 11 is 3.22. The zero-order chi connectivity index (χ0) is 18.5. The first kappa shape index (κ1) is 19.4. The van der Waals surface area contributed by atoms with Crippen LogP contribution >= 0.6 is 15.9 Å². The van der Waals surface area contributed by atoms with Gasteiger partial charge in [-0.15, -0.1) is 0 Å². The Morgan fingerprint density at radius 2 is 2.04 bits per heavy atom. The van der Waals surface area contributed by atoms with E-state index in [-0.39, 0.29) is 17.9 Å². The lowest BCUT2D eigenvalue weighted by atomic mass is 10.2. The van der Waals surface area contributed by atoms with Gasteiger partial charge in [-0.25, -0.2) is 0 Å². The molecule has 0 aromatic carbocycles. The van der Waals surface area contributed by atoms with E-state index in [1.54, 1.807) is 24.0 Å². The first-order valence-corrected chi connectivity index (χ1v) is 9.96. The van der Waals surface area contributed by atoms with Gasteiger partial charge in [0, 0.05) is 46.2 Å². The van der Waals surface area contributed by atoms with Crippen LogP contribution < -0.4 is 0 Å². The van der Waals surface area contributed by atoms with Crippen molar-refractivity contribution in [1.29, 1.82) is 0 Å². The number of hydrogen-bond donors (Lipinski definition) is 0. The quantitative estimate of drug-likeness (QED) is 0.692. The van der Waals surface area contributed by atoms with Crippen LogP contribution in [0, 0.1) is 0 Å². The molecular formula is C18H26BrN3O4. The number of hydrogen-bond acceptors (Lipinski definition) is 5. The number of likely N-dealkylation sites (tertiary alicyclic amines) is 1. The molecule has 0 spiro atoms. The molecule has 0 N–H and O–H groups in total. The summed E-state index contributed by atoms with van der Waals surface area (Å²) < 4.78 is 11.3. The molecule has 2 fully saturated rings. The van der Waals surface area contributed by atoms with Crippen molar-refractivity contribution in [3.63, 3.8) is 0 Å². The molecule has 1 aromatic rings. The topological polar surface area (TPSA) is 66.2 Å². The Hall–Kier alpha value is -1.38. The summed E-state index contributed by atoms with van der Waals surface area (Å²) in [5.41, 5.74) is 0. The summed E-state index contributed by atoms with van der Waals surface area (Å²) in [7, 11) is 0. The van der Waals surface area contributed by atoms with Crippen LogP contribution in [0.2, 0.25) is 0 Å². The van der Waals surface area contributed by atoms with E-state index >= 15 is 0 Å². The molecule has 1 aromatic heterocycles. The molecule has 1 unspecified atom stereocenters. The summed E-state index contributed by atoms with van der Waals surface area (Å²) in [4.78, 5) is 30.7. The highest BCUT2D eigenvalue weighted by Crippen LogP contribution is 2.21. The smallest absolute Gasteiger partial charge is 0.289 e. The second-order valence-corrected chi connectivity index (χ2v) is 7.60. The van der Waals surface area contributed by atoms with Crippen molar-refractivity contribution in [1.82, 2.24) is 14.7 Å². The van der Waals surface area contributed by atoms with E-state index in [9.17, 15) is 9.59 Å². The fourth-order valence-corrected chi connectivity index (χ4v) is 3.96. The summed E-state index contributed by atoms with van der Waals surface area (Å²) in [5, 5.41) is 0. The molecule has 0 bridgehead atoms. The van der Waals surface area contributed by atoms with Crippen molar-refractivity contribution in [3.05, 3.63) is 22.6 Å². The normalized spacial score (nSPS) is 21.2. The van der Waals surface area contributed by atoms with E-state index in [0.717, 1.165) is 52.2 Å². The molecular weight excluding hydrogens is 402 g/mol. The second kappa shape index (κ2) is 9.01. The number of ether oxygens (including phenoxy) is 1. The number of nitrogens with zero attached hydrogens (tertiary/aromatic N) is 3. The van der Waals surface area contributed by atoms with Gasteiger partial charge in [0.15, 0.2) is 10.4 Å². The van der Waals surface area contributed by atoms with Gasteiger partial charge in [-0.2, -0.15) is 0 Å². The summed E-state index contributed by atoms with van der Waals surface area (Å²) in [6.45, 7) is 8.04. The molecule has 8 heteroatoms. The van der Waals surface area contributed by atoms with Crippen LogP contribution in [0.3, 0.4) is 0 Å². The number of halogens is 1. The van der Waals surface area contributed by atoms with Gasteiger partial charge in [0.2, 0.25) is 5.91 Å². The molecule has 2 aliphatic heterocycles. The minimum absolute atomic E-state index is 0.0759. The summed E-state index contributed by atoms with van der Waals surface area (Å²) in [6.07, 6.45) is 1.75. The number of furan rings is 1. The molecule has 2 aliphatic rings. The third kappa shape index (κ3) is 4.86. The maximum atomic E-state index is 12.5. The minimum atomic E-state index is -0.116. The lowest BCUT2D eigenvalue weighted by molar-refractivity contribution is -0.131. The number of carbonyl (C=O) groups excluding carboxylic acids is 2. The van der Waals surface area contributed by atoms with Crippen molar-refractivity contribution < 1.29 is 18.7 Å². The van der Waals surface area contributed by atoms with Crippen molar-refractivity contribution in [3.8, 4) is 0 Å². The number of morpholine rings is 1. The van der Waals surface area contributed by atoms with Crippen LogP contribution in [-0.2, 0) is 9.53 Å². The Kier molecular flexibility index (Phi) is 6.72. The van der Waals surface area contributed by atoms with E-state index in [4.69, 9.17) is 9.15 Å². The van der Waals surface area contributed by atoms with Crippen LogP contribution in [0.5, 0.6) is 0 Å². The first-order chi connectivity index (χ1) is 12.5. The predicted molar refractivity (Wildman–Crippen MR) is 100.0 cm³/mol. The van der Waals surface area contributed by atoms with Gasteiger partial charge < -0.3 is 19.0 Å². The fourth-order valence-electron chi connectivity index (χ4n) is 3.65. The number of carbonyl (C=O) groups is 2. The van der Waals surface area contributed by atoms with Crippen LogP contribution in [0.15, 0.2) is 21.2 Å². The summed E-state index contributed by atoms with van der Waals surface area (Å²) in [6, 6.07) is 3.47. The molecule has 7 nitrogen and oxygen atoms in total. The van der Waals surface area contributed by atoms with Crippen LogP contribution in [0.25, 0.3) is 0 Å². The van der Waals surface area contributed by atoms with Crippen molar-refractivity contribution >= 4 is 27.7 Å². The van der Waals surface area contributed by atoms with Gasteiger partial charge in [-0.3, -0.25) is 14.5 Å². The maximum Gasteiger partial charge on any atom is 0.289 e. The number of rotatable bonds is 6. The summed E-state index contributed by atoms with van der Waals surface area (Å²) in [5.74, 6) is 0.293.